The molecule has 0 saturated heterocycles. The maximum atomic E-state index is 5.28. The van der Waals surface area contributed by atoms with Gasteiger partial charge in [-0.1, -0.05) is 25.9 Å². The molecule has 0 unspecified atom stereocenters. The molecule has 0 aromatic carbocycles. The molecule has 1 aromatic rings. The van der Waals surface area contributed by atoms with Crippen molar-refractivity contribution in [3.63, 3.8) is 0 Å². The first-order chi connectivity index (χ1) is 6.54. The summed E-state index contributed by atoms with van der Waals surface area (Å²) < 4.78 is 10.2. The molecule has 1 heterocycles. The van der Waals surface area contributed by atoms with Gasteiger partial charge < -0.3 is 15.0 Å². The largest absolute Gasteiger partial charge is 0.370 e. The minimum Gasteiger partial charge on any atom is -0.370 e. The second-order valence-corrected chi connectivity index (χ2v) is 4.10. The number of aromatic nitrogens is 2. The van der Waals surface area contributed by atoms with E-state index < -0.39 is 0 Å². The van der Waals surface area contributed by atoms with Crippen LogP contribution >= 0.6 is 0 Å². The summed E-state index contributed by atoms with van der Waals surface area (Å²) in [7, 11) is 0. The molecule has 2 N–H and O–H groups in total. The van der Waals surface area contributed by atoms with Crippen LogP contribution in [0.4, 0.5) is 0 Å². The van der Waals surface area contributed by atoms with E-state index in [1.165, 1.54) is 0 Å². The first-order valence-electron chi connectivity index (χ1n) is 4.65. The van der Waals surface area contributed by atoms with Gasteiger partial charge in [-0.15, -0.1) is 0 Å². The highest BCUT2D eigenvalue weighted by atomic mass is 16.5. The van der Waals surface area contributed by atoms with Crippen LogP contribution < -0.4 is 5.73 Å². The van der Waals surface area contributed by atoms with Gasteiger partial charge in [-0.3, -0.25) is 0 Å². The molecule has 80 valence electrons. The summed E-state index contributed by atoms with van der Waals surface area (Å²) in [5, 5.41) is 3.87. The van der Waals surface area contributed by atoms with E-state index in [2.05, 4.69) is 10.1 Å². The Balaban J connectivity index is 2.51. The molecule has 0 aliphatic carbocycles. The summed E-state index contributed by atoms with van der Waals surface area (Å²) in [6.45, 7) is 7.43. The van der Waals surface area contributed by atoms with Crippen molar-refractivity contribution in [3.05, 3.63) is 11.7 Å². The third kappa shape index (κ3) is 3.08. The maximum Gasteiger partial charge on any atom is 0.252 e. The smallest absolute Gasteiger partial charge is 0.252 e. The zero-order chi connectivity index (χ0) is 10.6. The van der Waals surface area contributed by atoms with Gasteiger partial charge in [-0.25, -0.2) is 0 Å². The van der Waals surface area contributed by atoms with Crippen molar-refractivity contribution in [3.8, 4) is 0 Å². The lowest BCUT2D eigenvalue weighted by Gasteiger charge is -2.10. The minimum atomic E-state index is -0.0877. The lowest BCUT2D eigenvalue weighted by Crippen LogP contribution is -2.13. The van der Waals surface area contributed by atoms with E-state index in [9.17, 15) is 0 Å². The van der Waals surface area contributed by atoms with Crippen LogP contribution in [0.5, 0.6) is 0 Å². The van der Waals surface area contributed by atoms with Crippen LogP contribution in [-0.2, 0) is 16.8 Å². The fourth-order valence-corrected chi connectivity index (χ4v) is 0.861. The Morgan fingerprint density at radius 2 is 2.14 bits per heavy atom. The molecule has 0 fully saturated rings. The van der Waals surface area contributed by atoms with Gasteiger partial charge in [-0.2, -0.15) is 4.98 Å². The number of ether oxygens (including phenoxy) is 1. The molecule has 0 aliphatic rings. The van der Waals surface area contributed by atoms with Crippen LogP contribution in [0, 0.1) is 0 Å². The molecule has 0 amide bonds. The maximum absolute atomic E-state index is 5.28. The molecule has 0 spiro atoms. The van der Waals surface area contributed by atoms with Crippen LogP contribution in [0.15, 0.2) is 4.52 Å². The molecule has 5 nitrogen and oxygen atoms in total. The molecule has 0 saturated carbocycles. The molecule has 0 atom stereocenters. The number of nitrogens with zero attached hydrogens (tertiary/aromatic N) is 2. The zero-order valence-electron chi connectivity index (χ0n) is 8.91. The SMILES string of the molecule is CC(C)(C)c1noc(COCCN)n1. The third-order valence-corrected chi connectivity index (χ3v) is 1.63. The molecule has 1 rings (SSSR count). The number of rotatable bonds is 4. The molecule has 1 aromatic heterocycles. The Morgan fingerprint density at radius 3 is 2.64 bits per heavy atom. The van der Waals surface area contributed by atoms with Gasteiger partial charge in [0.1, 0.15) is 6.61 Å². The van der Waals surface area contributed by atoms with Crippen LogP contribution in [-0.4, -0.2) is 23.3 Å². The van der Waals surface area contributed by atoms with Gasteiger partial charge in [0.15, 0.2) is 5.82 Å². The van der Waals surface area contributed by atoms with Gasteiger partial charge in [0.2, 0.25) is 0 Å². The van der Waals surface area contributed by atoms with Crippen LogP contribution in [0.1, 0.15) is 32.5 Å². The predicted molar refractivity (Wildman–Crippen MR) is 51.7 cm³/mol. The van der Waals surface area contributed by atoms with Crippen molar-refractivity contribution < 1.29 is 9.26 Å². The highest BCUT2D eigenvalue weighted by molar-refractivity contribution is 4.99. The van der Waals surface area contributed by atoms with E-state index in [1.807, 2.05) is 20.8 Å². The van der Waals surface area contributed by atoms with Crippen molar-refractivity contribution in [1.82, 2.24) is 10.1 Å². The van der Waals surface area contributed by atoms with Crippen molar-refractivity contribution >= 4 is 0 Å². The first kappa shape index (κ1) is 11.1. The molecule has 0 radical (unpaired) electrons. The molecule has 5 heteroatoms. The van der Waals surface area contributed by atoms with E-state index in [-0.39, 0.29) is 5.41 Å². The quantitative estimate of drug-likeness (QED) is 0.727. The summed E-state index contributed by atoms with van der Waals surface area (Å²) in [4.78, 5) is 4.21. The second kappa shape index (κ2) is 4.52. The van der Waals surface area contributed by atoms with Gasteiger partial charge in [0.25, 0.3) is 5.89 Å². The van der Waals surface area contributed by atoms with E-state index in [1.54, 1.807) is 0 Å². The van der Waals surface area contributed by atoms with Gasteiger partial charge >= 0.3 is 0 Å². The average molecular weight is 199 g/mol. The van der Waals surface area contributed by atoms with E-state index in [0.717, 1.165) is 0 Å². The Bertz CT molecular complexity index is 278. The highest BCUT2D eigenvalue weighted by Crippen LogP contribution is 2.18. The molecular formula is C9H17N3O2. The summed E-state index contributed by atoms with van der Waals surface area (Å²) in [5.41, 5.74) is 5.19. The fourth-order valence-electron chi connectivity index (χ4n) is 0.861. The standard InChI is InChI=1S/C9H17N3O2/c1-9(2,3)8-11-7(14-12-8)6-13-5-4-10/h4-6,10H2,1-3H3. The molecule has 0 bridgehead atoms. The van der Waals surface area contributed by atoms with Gasteiger partial charge in [-0.05, 0) is 0 Å². The lowest BCUT2D eigenvalue weighted by molar-refractivity contribution is 0.104. The Labute approximate surface area is 83.6 Å². The summed E-state index contributed by atoms with van der Waals surface area (Å²) >= 11 is 0. The van der Waals surface area contributed by atoms with Gasteiger partial charge in [0.05, 0.1) is 6.61 Å². The van der Waals surface area contributed by atoms with Crippen molar-refractivity contribution in [1.29, 1.82) is 0 Å². The first-order valence-corrected chi connectivity index (χ1v) is 4.65. The van der Waals surface area contributed by atoms with Crippen LogP contribution in [0.2, 0.25) is 0 Å². The van der Waals surface area contributed by atoms with E-state index in [4.69, 9.17) is 15.0 Å². The average Bonchev–Trinajstić information content (AvgIpc) is 2.52. The number of hydrogen-bond donors (Lipinski definition) is 1. The van der Waals surface area contributed by atoms with Crippen LogP contribution in [0.25, 0.3) is 0 Å². The number of hydrogen-bond acceptors (Lipinski definition) is 5. The number of nitrogens with two attached hydrogens (primary N) is 1. The van der Waals surface area contributed by atoms with Gasteiger partial charge in [0, 0.05) is 12.0 Å². The molecule has 14 heavy (non-hydrogen) atoms. The van der Waals surface area contributed by atoms with E-state index in [0.29, 0.717) is 31.5 Å². The second-order valence-electron chi connectivity index (χ2n) is 4.10. The summed E-state index contributed by atoms with van der Waals surface area (Å²) in [6, 6.07) is 0. The normalized spacial score (nSPS) is 12.0. The Hall–Kier alpha value is -0.940. The Morgan fingerprint density at radius 1 is 1.43 bits per heavy atom. The van der Waals surface area contributed by atoms with Crippen molar-refractivity contribution in [2.75, 3.05) is 13.2 Å². The third-order valence-electron chi connectivity index (χ3n) is 1.63. The van der Waals surface area contributed by atoms with E-state index >= 15 is 0 Å². The van der Waals surface area contributed by atoms with Crippen LogP contribution in [0.3, 0.4) is 0 Å². The topological polar surface area (TPSA) is 74.2 Å². The minimum absolute atomic E-state index is 0.0877. The molecular weight excluding hydrogens is 182 g/mol. The Kier molecular flexibility index (Phi) is 3.60. The highest BCUT2D eigenvalue weighted by Gasteiger charge is 2.20. The zero-order valence-corrected chi connectivity index (χ0v) is 8.91. The lowest BCUT2D eigenvalue weighted by atomic mass is 9.96. The van der Waals surface area contributed by atoms with Crippen molar-refractivity contribution in [2.24, 2.45) is 5.73 Å². The fraction of sp³-hybridized carbons (Fsp3) is 0.778. The summed E-state index contributed by atoms with van der Waals surface area (Å²) in [6.07, 6.45) is 0. The van der Waals surface area contributed by atoms with Crippen molar-refractivity contribution in [2.45, 2.75) is 32.8 Å². The predicted octanol–water partition coefficient (Wildman–Crippen LogP) is 0.842. The molecule has 0 aliphatic heterocycles. The monoisotopic (exact) mass is 199 g/mol. The summed E-state index contributed by atoms with van der Waals surface area (Å²) in [5.74, 6) is 1.20.